The Labute approximate surface area is 529 Å². The van der Waals surface area contributed by atoms with Crippen LogP contribution in [0.5, 0.6) is 5.75 Å². The van der Waals surface area contributed by atoms with Gasteiger partial charge in [0.15, 0.2) is 0 Å². The molecule has 0 aromatic heterocycles. The Kier molecular flexibility index (Phi) is 25.7. The fraction of sp³-hybridized carbons (Fsp3) is 0.523. The van der Waals surface area contributed by atoms with Gasteiger partial charge in [-0.25, -0.2) is 9.59 Å². The van der Waals surface area contributed by atoms with Crippen molar-refractivity contribution in [2.45, 2.75) is 135 Å². The van der Waals surface area contributed by atoms with Gasteiger partial charge >= 0.3 is 12.1 Å². The minimum Gasteiger partial charge on any atom is -0.495 e. The van der Waals surface area contributed by atoms with Gasteiger partial charge in [0, 0.05) is 100 Å². The van der Waals surface area contributed by atoms with Crippen LogP contribution in [0.2, 0.25) is 5.02 Å². The molecule has 4 N–H and O–H groups in total. The van der Waals surface area contributed by atoms with E-state index in [1.54, 1.807) is 44.9 Å². The van der Waals surface area contributed by atoms with Crippen molar-refractivity contribution in [1.29, 1.82) is 0 Å². The predicted molar refractivity (Wildman–Crippen MR) is 340 cm³/mol. The molecule has 0 saturated carbocycles. The summed E-state index contributed by atoms with van der Waals surface area (Å²) in [4.78, 5) is 97.6. The van der Waals surface area contributed by atoms with Gasteiger partial charge in [0.05, 0.1) is 57.4 Å². The third kappa shape index (κ3) is 19.0. The van der Waals surface area contributed by atoms with Crippen LogP contribution in [-0.2, 0) is 65.4 Å². The summed E-state index contributed by atoms with van der Waals surface area (Å²) < 4.78 is 35.1. The fourth-order valence-electron chi connectivity index (χ4n) is 10.6. The molecule has 8 atom stereocenters. The lowest BCUT2D eigenvalue weighted by molar-refractivity contribution is -0.162. The molecule has 4 bridgehead atoms. The maximum absolute atomic E-state index is 14.3. The lowest BCUT2D eigenvalue weighted by Gasteiger charge is -2.41. The molecule has 476 valence electrons. The van der Waals surface area contributed by atoms with E-state index in [0.29, 0.717) is 81.5 Å². The van der Waals surface area contributed by atoms with E-state index >= 15 is 0 Å². The van der Waals surface area contributed by atoms with Crippen LogP contribution in [0.1, 0.15) is 108 Å². The number of rotatable bonds is 25. The Morgan fingerprint density at radius 2 is 1.59 bits per heavy atom. The Morgan fingerprint density at radius 3 is 2.36 bits per heavy atom. The number of carbonyl (C=O) groups is 7. The molecule has 2 saturated heterocycles. The quantitative estimate of drug-likeness (QED) is 0.0206. The van der Waals surface area contributed by atoms with Gasteiger partial charge in [0.25, 0.3) is 0 Å². The van der Waals surface area contributed by atoms with Crippen molar-refractivity contribution in [3.63, 3.8) is 0 Å². The number of benzene rings is 3. The number of methoxy groups -OCH3 is 1. The summed E-state index contributed by atoms with van der Waals surface area (Å²) in [6, 6.07) is 17.9. The molecule has 3 aromatic carbocycles. The molecule has 4 heterocycles. The topological polar surface area (TPSA) is 244 Å². The molecule has 6 amide bonds. The van der Waals surface area contributed by atoms with Crippen LogP contribution in [0, 0.1) is 23.7 Å². The monoisotopic (exact) mass is 1270 g/mol. The van der Waals surface area contributed by atoms with Crippen LogP contribution < -0.4 is 30.5 Å². The molecule has 1 unspecified atom stereocenters. The maximum Gasteiger partial charge on any atom is 0.409 e. The van der Waals surface area contributed by atoms with E-state index < -0.39 is 65.5 Å². The Morgan fingerprint density at radius 1 is 0.898 bits per heavy atom. The first kappa shape index (κ1) is 68.9. The Hall–Kier alpha value is -6.58. The molecule has 3 aromatic rings. The summed E-state index contributed by atoms with van der Waals surface area (Å²) in [5, 5.41) is 20.3. The number of unbranched alkanes of at least 4 members (excludes halogenated alkanes) is 1. The number of para-hydroxylation sites is 1. The lowest BCUT2D eigenvalue weighted by atomic mass is 9.82. The summed E-state index contributed by atoms with van der Waals surface area (Å²) in [7, 11) is 7.54. The van der Waals surface area contributed by atoms with Crippen molar-refractivity contribution in [1.82, 2.24) is 20.9 Å². The molecule has 4 aliphatic heterocycles. The van der Waals surface area contributed by atoms with Crippen molar-refractivity contribution in [2.75, 3.05) is 82.0 Å². The molecule has 7 rings (SSSR count). The van der Waals surface area contributed by atoms with E-state index in [2.05, 4.69) is 27.8 Å². The number of allylic oxidation sites excluding steroid dienone is 3. The molecule has 20 nitrogen and oxygen atoms in total. The number of fused-ring (bicyclic) bond motifs is 7. The largest absolute Gasteiger partial charge is 0.495 e. The van der Waals surface area contributed by atoms with E-state index in [4.69, 9.17) is 40.0 Å². The van der Waals surface area contributed by atoms with E-state index in [9.17, 15) is 38.7 Å². The number of hydrogen-bond acceptors (Lipinski definition) is 16. The van der Waals surface area contributed by atoms with Gasteiger partial charge in [-0.05, 0) is 81.5 Å². The predicted octanol–water partition coefficient (Wildman–Crippen LogP) is 8.07. The van der Waals surface area contributed by atoms with Gasteiger partial charge < -0.3 is 58.9 Å². The molecule has 88 heavy (non-hydrogen) atoms. The number of epoxide rings is 1. The number of ether oxygens (including phenoxy) is 6. The highest BCUT2D eigenvalue weighted by Crippen LogP contribution is 2.49. The second-order valence-electron chi connectivity index (χ2n) is 22.7. The number of amides is 6. The zero-order valence-corrected chi connectivity index (χ0v) is 53.9. The number of carbonyl (C=O) groups excluding carboxylic acids is 7. The van der Waals surface area contributed by atoms with Gasteiger partial charge in [-0.3, -0.25) is 29.3 Å². The number of anilines is 2. The number of esters is 1. The van der Waals surface area contributed by atoms with Gasteiger partial charge in [0.1, 0.15) is 40.3 Å². The average molecular weight is 1270 g/mol. The first-order valence-corrected chi connectivity index (χ1v) is 32.7. The van der Waals surface area contributed by atoms with Crippen LogP contribution in [0.3, 0.4) is 0 Å². The highest BCUT2D eigenvalue weighted by atomic mass is 35.5. The second kappa shape index (κ2) is 32.8. The molecule has 23 heteroatoms. The molecule has 0 radical (unpaired) electrons. The second-order valence-corrected chi connectivity index (χ2v) is 25.8. The van der Waals surface area contributed by atoms with Crippen molar-refractivity contribution in [3.05, 3.63) is 112 Å². The average Bonchev–Trinajstić information content (AvgIpc) is 1.85. The van der Waals surface area contributed by atoms with Crippen LogP contribution in [-0.4, -0.2) is 160 Å². The normalized spacial score (nSPS) is 23.7. The van der Waals surface area contributed by atoms with Crippen LogP contribution in [0.15, 0.2) is 84.5 Å². The number of halogens is 1. The summed E-state index contributed by atoms with van der Waals surface area (Å²) in [5.74, 6) is 4.88. The summed E-state index contributed by atoms with van der Waals surface area (Å²) in [5.41, 5.74) is 2.64. The summed E-state index contributed by atoms with van der Waals surface area (Å²) >= 11 is 6.83. The Bertz CT molecular complexity index is 3120. The van der Waals surface area contributed by atoms with Crippen molar-refractivity contribution >= 4 is 86.2 Å². The van der Waals surface area contributed by atoms with Gasteiger partial charge in [-0.15, -0.1) is 0 Å². The standard InChI is InChI=1S/C65H83ClN6O14S2/c1-42-16-15-17-43(2)65(80)40-53(84-63(79)69-65)44(3)61-64(5,86-61)54(39-59(77)71(7)51-37-46(36-42)38-52(81-8)60(51)66)85-62(78)45(4)70(6)57(75)27-34-87-88-35-29-68-56(74)26-31-83-33-32-82-30-14-13-22-55(73)67-28-25-58(76)72-41-49-20-10-9-18-47(49)23-24-48-19-11-12-21-50(48)72/h9-12,15-21,37-38,43-45,53-54,61,80H,13-14,22,25-36,39-41H2,1-8H3,(H,67,73)(H,68,74)(H,69,79)/b17-15+,42-16+/t43-,44-,45+,53+,54?,61+,64+,65+/m1/s1. The van der Waals surface area contributed by atoms with Crippen LogP contribution in [0.25, 0.3) is 0 Å². The van der Waals surface area contributed by atoms with E-state index in [-0.39, 0.29) is 73.9 Å². The molecular formula is C65H83ClN6O14S2. The SMILES string of the molecule is COc1cc2cc(c1Cl)N(C)C(=O)CC(OC(=O)[C@H](C)N(C)C(=O)CCSSCCNC(=O)CCOCCOCCCCC(=O)NCCC(=O)N1Cc3ccccc3C#Cc3ccccc31)[C@]1(C)O[C@H]1[C@H](C)[C@@H]1C[C@@](O)(NC(=O)O1)[C@H](C)/C=C/C=C(\C)C2. The third-order valence-corrected chi connectivity index (χ3v) is 19.1. The maximum atomic E-state index is 14.3. The molecular weight excluding hydrogens is 1190 g/mol. The lowest BCUT2D eigenvalue weighted by Crippen LogP contribution is -2.60. The first-order valence-electron chi connectivity index (χ1n) is 29.9. The fourth-order valence-corrected chi connectivity index (χ4v) is 12.8. The minimum atomic E-state index is -1.65. The van der Waals surface area contributed by atoms with Crippen LogP contribution >= 0.6 is 33.2 Å². The molecule has 0 aliphatic carbocycles. The summed E-state index contributed by atoms with van der Waals surface area (Å²) in [6.07, 6.45) is 4.35. The van der Waals surface area contributed by atoms with Crippen molar-refractivity contribution in [3.8, 4) is 17.6 Å². The third-order valence-electron chi connectivity index (χ3n) is 16.3. The number of nitrogens with one attached hydrogen (secondary N) is 3. The van der Waals surface area contributed by atoms with Crippen molar-refractivity contribution in [2.24, 2.45) is 11.8 Å². The van der Waals surface area contributed by atoms with Crippen LogP contribution in [0.4, 0.5) is 16.2 Å². The minimum absolute atomic E-state index is 0.0293. The number of aliphatic hydroxyl groups is 1. The highest BCUT2D eigenvalue weighted by molar-refractivity contribution is 8.76. The highest BCUT2D eigenvalue weighted by Gasteiger charge is 2.64. The number of nitrogens with zero attached hydrogens (tertiary/aromatic N) is 3. The molecule has 4 aliphatic rings. The first-order chi connectivity index (χ1) is 42.1. The smallest absolute Gasteiger partial charge is 0.409 e. The zero-order chi connectivity index (χ0) is 63.5. The van der Waals surface area contributed by atoms with Gasteiger partial charge in [0.2, 0.25) is 29.5 Å². The van der Waals surface area contributed by atoms with Gasteiger partial charge in [-0.2, -0.15) is 0 Å². The van der Waals surface area contributed by atoms with Gasteiger partial charge in [-0.1, -0.05) is 113 Å². The van der Waals surface area contributed by atoms with Crippen molar-refractivity contribution < 1.29 is 67.1 Å². The molecule has 2 fully saturated rings. The van der Waals surface area contributed by atoms with E-state index in [0.717, 1.165) is 33.5 Å². The van der Waals surface area contributed by atoms with E-state index in [1.807, 2.05) is 80.6 Å². The molecule has 0 spiro atoms. The van der Waals surface area contributed by atoms with E-state index in [1.165, 1.54) is 45.5 Å². The number of alkyl carbamates (subject to hydrolysis) is 1. The Balaban J connectivity index is 0.763. The zero-order valence-electron chi connectivity index (χ0n) is 51.5. The number of likely N-dealkylation sites (N-methyl/N-ethyl adjacent to an activating group) is 1. The number of hydrogen-bond donors (Lipinski definition) is 4. The summed E-state index contributed by atoms with van der Waals surface area (Å²) in [6.45, 7) is 11.2.